The molecule has 1 aromatic rings. The Bertz CT molecular complexity index is 616. The van der Waals surface area contributed by atoms with Gasteiger partial charge in [-0.3, -0.25) is 14.3 Å². The highest BCUT2D eigenvalue weighted by Crippen LogP contribution is 2.23. The van der Waals surface area contributed by atoms with Gasteiger partial charge in [0.1, 0.15) is 0 Å². The Balaban J connectivity index is 2.09. The summed E-state index contributed by atoms with van der Waals surface area (Å²) in [5.41, 5.74) is 1.96. The monoisotopic (exact) mass is 337 g/mol. The zero-order chi connectivity index (χ0) is 17.9. The predicted molar refractivity (Wildman–Crippen MR) is 88.8 cm³/mol. The molecule has 1 atom stereocenters. The van der Waals surface area contributed by atoms with Gasteiger partial charge >= 0.3 is 5.97 Å². The van der Waals surface area contributed by atoms with Crippen molar-refractivity contribution in [1.29, 1.82) is 0 Å². The summed E-state index contributed by atoms with van der Waals surface area (Å²) in [5, 5.41) is 16.5. The van der Waals surface area contributed by atoms with E-state index in [1.807, 2.05) is 18.5 Å². The van der Waals surface area contributed by atoms with Gasteiger partial charge in [0.2, 0.25) is 5.91 Å². The summed E-state index contributed by atoms with van der Waals surface area (Å²) in [5.74, 6) is -0.644. The molecule has 7 nitrogen and oxygen atoms in total. The molecular formula is C17H27N3O4. The molecule has 1 fully saturated rings. The molecule has 1 saturated heterocycles. The maximum absolute atomic E-state index is 12.5. The van der Waals surface area contributed by atoms with Crippen molar-refractivity contribution >= 4 is 11.9 Å². The number of ether oxygens (including phenoxy) is 1. The van der Waals surface area contributed by atoms with Crippen LogP contribution in [0, 0.1) is 19.8 Å². The number of aliphatic carboxylic acids is 1. The van der Waals surface area contributed by atoms with Crippen LogP contribution in [0.4, 0.5) is 0 Å². The summed E-state index contributed by atoms with van der Waals surface area (Å²) < 4.78 is 7.25. The van der Waals surface area contributed by atoms with Crippen LogP contribution in [0.1, 0.15) is 43.6 Å². The Kier molecular flexibility index (Phi) is 5.64. The van der Waals surface area contributed by atoms with Crippen molar-refractivity contribution in [3.05, 3.63) is 17.0 Å². The number of aryl methyl sites for hydroxylation is 1. The standard InChI is InChI=1S/C17H27N3O4/c1-11(2)9-20-13(4)14(12(3)19-20)7-15(21)18-17(8-16(22)23)5-6-24-10-17/h11H,5-10H2,1-4H3,(H,18,21)(H,22,23). The molecule has 0 spiro atoms. The Morgan fingerprint density at radius 1 is 1.42 bits per heavy atom. The molecule has 7 heteroatoms. The first-order valence-corrected chi connectivity index (χ1v) is 8.36. The molecule has 1 amide bonds. The predicted octanol–water partition coefficient (Wildman–Crippen LogP) is 1.45. The van der Waals surface area contributed by atoms with Crippen molar-refractivity contribution in [2.24, 2.45) is 5.92 Å². The first-order chi connectivity index (χ1) is 11.2. The van der Waals surface area contributed by atoms with Gasteiger partial charge in [-0.2, -0.15) is 5.10 Å². The van der Waals surface area contributed by atoms with Crippen molar-refractivity contribution in [2.75, 3.05) is 13.2 Å². The van der Waals surface area contributed by atoms with Gasteiger partial charge in [0.15, 0.2) is 0 Å². The lowest BCUT2D eigenvalue weighted by Crippen LogP contribution is -2.51. The van der Waals surface area contributed by atoms with Crippen LogP contribution < -0.4 is 5.32 Å². The van der Waals surface area contributed by atoms with Crippen LogP contribution in [0.5, 0.6) is 0 Å². The van der Waals surface area contributed by atoms with Crippen molar-refractivity contribution in [1.82, 2.24) is 15.1 Å². The van der Waals surface area contributed by atoms with Gasteiger partial charge in [-0.15, -0.1) is 0 Å². The van der Waals surface area contributed by atoms with Crippen LogP contribution in [0.25, 0.3) is 0 Å². The van der Waals surface area contributed by atoms with E-state index in [-0.39, 0.29) is 25.4 Å². The van der Waals surface area contributed by atoms with Crippen LogP contribution in [0.2, 0.25) is 0 Å². The molecule has 0 bridgehead atoms. The fourth-order valence-corrected chi connectivity index (χ4v) is 3.19. The first kappa shape index (κ1) is 18.4. The first-order valence-electron chi connectivity index (χ1n) is 8.36. The van der Waals surface area contributed by atoms with Crippen LogP contribution in [-0.2, 0) is 27.3 Å². The molecule has 0 aromatic carbocycles. The van der Waals surface area contributed by atoms with E-state index in [1.54, 1.807) is 0 Å². The van der Waals surface area contributed by atoms with Crippen molar-refractivity contribution in [2.45, 2.75) is 59.0 Å². The van der Waals surface area contributed by atoms with Crippen LogP contribution in [-0.4, -0.2) is 45.5 Å². The number of nitrogens with zero attached hydrogens (tertiary/aromatic N) is 2. The highest BCUT2D eigenvalue weighted by atomic mass is 16.5. The molecule has 1 aromatic heterocycles. The van der Waals surface area contributed by atoms with Crippen LogP contribution in [0.3, 0.4) is 0 Å². The van der Waals surface area contributed by atoms with Crippen molar-refractivity contribution < 1.29 is 19.4 Å². The second kappa shape index (κ2) is 7.34. The molecule has 24 heavy (non-hydrogen) atoms. The Hall–Kier alpha value is -1.89. The van der Waals surface area contributed by atoms with Crippen molar-refractivity contribution in [3.8, 4) is 0 Å². The highest BCUT2D eigenvalue weighted by Gasteiger charge is 2.38. The number of carbonyl (C=O) groups is 2. The number of carboxylic acids is 1. The quantitative estimate of drug-likeness (QED) is 0.785. The minimum absolute atomic E-state index is 0.122. The lowest BCUT2D eigenvalue weighted by atomic mass is 9.93. The van der Waals surface area contributed by atoms with Gasteiger partial charge in [0.05, 0.1) is 30.7 Å². The van der Waals surface area contributed by atoms with Gasteiger partial charge in [0, 0.05) is 24.4 Å². The summed E-state index contributed by atoms with van der Waals surface area (Å²) in [7, 11) is 0. The summed E-state index contributed by atoms with van der Waals surface area (Å²) in [4.78, 5) is 23.6. The zero-order valence-corrected chi connectivity index (χ0v) is 14.9. The SMILES string of the molecule is Cc1nn(CC(C)C)c(C)c1CC(=O)NC1(CC(=O)O)CCOC1. The molecular weight excluding hydrogens is 310 g/mol. The number of hydrogen-bond acceptors (Lipinski definition) is 4. The lowest BCUT2D eigenvalue weighted by molar-refractivity contribution is -0.139. The van der Waals surface area contributed by atoms with Crippen LogP contribution in [0.15, 0.2) is 0 Å². The van der Waals surface area contributed by atoms with E-state index >= 15 is 0 Å². The van der Waals surface area contributed by atoms with Gasteiger partial charge in [-0.1, -0.05) is 13.8 Å². The summed E-state index contributed by atoms with van der Waals surface area (Å²) in [6.07, 6.45) is 0.607. The second-order valence-electron chi connectivity index (χ2n) is 7.10. The maximum Gasteiger partial charge on any atom is 0.305 e. The second-order valence-corrected chi connectivity index (χ2v) is 7.10. The highest BCUT2D eigenvalue weighted by molar-refractivity contribution is 5.81. The fraction of sp³-hybridized carbons (Fsp3) is 0.706. The molecule has 0 radical (unpaired) electrons. The van der Waals surface area contributed by atoms with E-state index in [0.29, 0.717) is 18.9 Å². The molecule has 2 heterocycles. The number of aromatic nitrogens is 2. The average Bonchev–Trinajstić information content (AvgIpc) is 2.98. The summed E-state index contributed by atoms with van der Waals surface area (Å²) >= 11 is 0. The smallest absolute Gasteiger partial charge is 0.305 e. The molecule has 134 valence electrons. The van der Waals surface area contributed by atoms with E-state index in [2.05, 4.69) is 24.3 Å². The van der Waals surface area contributed by atoms with E-state index in [9.17, 15) is 9.59 Å². The number of amides is 1. The van der Waals surface area contributed by atoms with Gasteiger partial charge < -0.3 is 15.2 Å². The topological polar surface area (TPSA) is 93.5 Å². The Morgan fingerprint density at radius 3 is 2.67 bits per heavy atom. The van der Waals surface area contributed by atoms with Gasteiger partial charge in [0.25, 0.3) is 0 Å². The molecule has 0 saturated carbocycles. The number of rotatable bonds is 7. The zero-order valence-electron chi connectivity index (χ0n) is 14.9. The van der Waals surface area contributed by atoms with E-state index in [1.165, 1.54) is 0 Å². The van der Waals surface area contributed by atoms with Gasteiger partial charge in [-0.05, 0) is 26.2 Å². The Morgan fingerprint density at radius 2 is 2.12 bits per heavy atom. The molecule has 2 N–H and O–H groups in total. The number of carbonyl (C=O) groups excluding carboxylic acids is 1. The lowest BCUT2D eigenvalue weighted by Gasteiger charge is -2.27. The van der Waals surface area contributed by atoms with E-state index in [4.69, 9.17) is 9.84 Å². The van der Waals surface area contributed by atoms with E-state index < -0.39 is 11.5 Å². The third-order valence-electron chi connectivity index (χ3n) is 4.40. The maximum atomic E-state index is 12.5. The average molecular weight is 337 g/mol. The number of carboxylic acid groups (broad SMARTS) is 1. The van der Waals surface area contributed by atoms with E-state index in [0.717, 1.165) is 23.5 Å². The molecule has 0 aliphatic carbocycles. The minimum atomic E-state index is -0.932. The molecule has 2 rings (SSSR count). The third kappa shape index (κ3) is 4.35. The van der Waals surface area contributed by atoms with Crippen LogP contribution >= 0.6 is 0 Å². The number of hydrogen-bond donors (Lipinski definition) is 2. The molecule has 1 unspecified atom stereocenters. The summed E-state index contributed by atoms with van der Waals surface area (Å²) in [6.45, 7) is 9.64. The Labute approximate surface area is 142 Å². The number of nitrogens with one attached hydrogen (secondary N) is 1. The normalized spacial score (nSPS) is 20.5. The summed E-state index contributed by atoms with van der Waals surface area (Å²) in [6, 6.07) is 0. The van der Waals surface area contributed by atoms with Crippen molar-refractivity contribution in [3.63, 3.8) is 0 Å². The minimum Gasteiger partial charge on any atom is -0.481 e. The third-order valence-corrected chi connectivity index (χ3v) is 4.40. The van der Waals surface area contributed by atoms with Gasteiger partial charge in [-0.25, -0.2) is 0 Å². The fourth-order valence-electron chi connectivity index (χ4n) is 3.19. The molecule has 1 aliphatic heterocycles. The molecule has 1 aliphatic rings. The largest absolute Gasteiger partial charge is 0.481 e.